The lowest BCUT2D eigenvalue weighted by molar-refractivity contribution is 0.0790. The van der Waals surface area contributed by atoms with Crippen molar-refractivity contribution < 1.29 is 4.79 Å². The fraction of sp³-hybridized carbons (Fsp3) is 0.294. The van der Waals surface area contributed by atoms with Crippen molar-refractivity contribution >= 4 is 28.4 Å². The van der Waals surface area contributed by atoms with E-state index in [9.17, 15) is 9.59 Å². The fourth-order valence-corrected chi connectivity index (χ4v) is 3.81. The number of fused-ring (bicyclic) bond motifs is 3. The van der Waals surface area contributed by atoms with Crippen molar-refractivity contribution in [1.82, 2.24) is 24.8 Å². The van der Waals surface area contributed by atoms with Crippen molar-refractivity contribution in [3.8, 4) is 0 Å². The summed E-state index contributed by atoms with van der Waals surface area (Å²) in [6.07, 6.45) is 5.78. The zero-order valence-electron chi connectivity index (χ0n) is 13.6. The first kappa shape index (κ1) is 14.2. The minimum absolute atomic E-state index is 0.170. The predicted octanol–water partition coefficient (Wildman–Crippen LogP) is 1.75. The number of hydrogen-bond acceptors (Lipinski definition) is 5. The van der Waals surface area contributed by atoms with Gasteiger partial charge in [-0.1, -0.05) is 0 Å². The number of aryl methyl sites for hydroxylation is 1. The third kappa shape index (κ3) is 1.81. The molecular formula is C17H16N6O2. The van der Waals surface area contributed by atoms with Crippen molar-refractivity contribution in [3.63, 3.8) is 0 Å². The van der Waals surface area contributed by atoms with Gasteiger partial charge in [0.1, 0.15) is 34.8 Å². The topological polar surface area (TPSA) is 105 Å². The second-order valence-electron chi connectivity index (χ2n) is 6.66. The van der Waals surface area contributed by atoms with Crippen molar-refractivity contribution in [2.75, 3.05) is 5.32 Å². The number of carbonyl (C=O) groups excluding carboxylic acids is 1. The summed E-state index contributed by atoms with van der Waals surface area (Å²) in [5.41, 5.74) is 1.57. The molecule has 0 aromatic carbocycles. The van der Waals surface area contributed by atoms with E-state index in [0.717, 1.165) is 30.2 Å². The Labute approximate surface area is 142 Å². The van der Waals surface area contributed by atoms with Crippen LogP contribution in [0.3, 0.4) is 0 Å². The molecule has 126 valence electrons. The van der Waals surface area contributed by atoms with Gasteiger partial charge in [-0.2, -0.15) is 0 Å². The average molecular weight is 336 g/mol. The van der Waals surface area contributed by atoms with Crippen LogP contribution in [0.25, 0.3) is 11.0 Å². The predicted molar refractivity (Wildman–Crippen MR) is 91.9 cm³/mol. The van der Waals surface area contributed by atoms with E-state index in [1.807, 2.05) is 13.0 Å². The number of nitrogens with one attached hydrogen (secondary N) is 3. The van der Waals surface area contributed by atoms with Gasteiger partial charge in [-0.3, -0.25) is 14.2 Å². The number of anilines is 2. The van der Waals surface area contributed by atoms with Crippen LogP contribution in [0.15, 0.2) is 29.5 Å². The molecule has 3 aromatic rings. The van der Waals surface area contributed by atoms with E-state index in [1.165, 1.54) is 6.33 Å². The quantitative estimate of drug-likeness (QED) is 0.661. The van der Waals surface area contributed by atoms with Gasteiger partial charge in [-0.15, -0.1) is 0 Å². The monoisotopic (exact) mass is 336 g/mol. The molecule has 8 heteroatoms. The molecular weight excluding hydrogens is 320 g/mol. The number of H-pyrrole nitrogens is 1. The van der Waals surface area contributed by atoms with Gasteiger partial charge in [-0.05, 0) is 43.9 Å². The molecule has 1 amide bonds. The first-order valence-electron chi connectivity index (χ1n) is 8.24. The van der Waals surface area contributed by atoms with E-state index < -0.39 is 5.66 Å². The van der Waals surface area contributed by atoms with Gasteiger partial charge >= 0.3 is 0 Å². The summed E-state index contributed by atoms with van der Waals surface area (Å²) < 4.78 is 1.63. The summed E-state index contributed by atoms with van der Waals surface area (Å²) in [7, 11) is 0. The third-order valence-electron chi connectivity index (χ3n) is 5.17. The molecule has 1 spiro atoms. The van der Waals surface area contributed by atoms with E-state index in [1.54, 1.807) is 16.8 Å². The lowest BCUT2D eigenvalue weighted by Gasteiger charge is -2.39. The molecule has 1 aliphatic carbocycles. The van der Waals surface area contributed by atoms with Crippen LogP contribution >= 0.6 is 0 Å². The highest BCUT2D eigenvalue weighted by atomic mass is 16.2. The Balaban J connectivity index is 1.68. The van der Waals surface area contributed by atoms with E-state index in [4.69, 9.17) is 0 Å². The Hall–Kier alpha value is -3.16. The van der Waals surface area contributed by atoms with Crippen molar-refractivity contribution in [3.05, 3.63) is 46.3 Å². The van der Waals surface area contributed by atoms with E-state index in [2.05, 4.69) is 25.6 Å². The highest BCUT2D eigenvalue weighted by Gasteiger charge is 2.48. The second kappa shape index (κ2) is 4.69. The number of aromatic nitrogens is 4. The van der Waals surface area contributed by atoms with Crippen LogP contribution in [0.2, 0.25) is 0 Å². The van der Waals surface area contributed by atoms with E-state index in [0.29, 0.717) is 22.8 Å². The second-order valence-corrected chi connectivity index (χ2v) is 6.66. The zero-order chi connectivity index (χ0) is 17.2. The molecule has 0 unspecified atom stereocenters. The number of rotatable bonds is 2. The number of hydrogen-bond donors (Lipinski definition) is 3. The molecule has 5 rings (SSSR count). The van der Waals surface area contributed by atoms with Crippen LogP contribution in [0, 0.1) is 6.92 Å². The molecule has 2 aliphatic rings. The van der Waals surface area contributed by atoms with Crippen molar-refractivity contribution in [1.29, 1.82) is 0 Å². The van der Waals surface area contributed by atoms with Gasteiger partial charge in [0.05, 0.1) is 5.39 Å². The maximum absolute atomic E-state index is 13.1. The van der Waals surface area contributed by atoms with Gasteiger partial charge in [0.2, 0.25) is 0 Å². The van der Waals surface area contributed by atoms with E-state index >= 15 is 0 Å². The molecule has 0 radical (unpaired) electrons. The zero-order valence-corrected chi connectivity index (χ0v) is 13.6. The molecule has 1 fully saturated rings. The van der Waals surface area contributed by atoms with Crippen LogP contribution in [0.1, 0.15) is 35.3 Å². The Morgan fingerprint density at radius 2 is 2.12 bits per heavy atom. The first-order chi connectivity index (χ1) is 12.1. The SMILES string of the molecule is Cc1cc(Nc2ncnc3[nH]ccc23)c(=O)n2c1C(=O)NC21CCC1. The summed E-state index contributed by atoms with van der Waals surface area (Å²) in [6.45, 7) is 1.85. The fourth-order valence-electron chi connectivity index (χ4n) is 3.81. The van der Waals surface area contributed by atoms with Gasteiger partial charge in [0.25, 0.3) is 11.5 Å². The maximum atomic E-state index is 13.1. The Morgan fingerprint density at radius 3 is 2.88 bits per heavy atom. The largest absolute Gasteiger partial charge is 0.346 e. The van der Waals surface area contributed by atoms with Gasteiger partial charge in [-0.25, -0.2) is 9.97 Å². The summed E-state index contributed by atoms with van der Waals surface area (Å²) in [6, 6.07) is 3.57. The Kier molecular flexibility index (Phi) is 2.66. The highest BCUT2D eigenvalue weighted by molar-refractivity contribution is 5.97. The molecule has 0 bridgehead atoms. The minimum Gasteiger partial charge on any atom is -0.346 e. The molecule has 1 aliphatic heterocycles. The summed E-state index contributed by atoms with van der Waals surface area (Å²) in [5.74, 6) is 0.388. The number of aromatic amines is 1. The van der Waals surface area contributed by atoms with Gasteiger partial charge in [0.15, 0.2) is 0 Å². The number of nitrogens with zero attached hydrogens (tertiary/aromatic N) is 3. The van der Waals surface area contributed by atoms with Crippen LogP contribution < -0.4 is 16.2 Å². The molecule has 3 aromatic heterocycles. The smallest absolute Gasteiger partial charge is 0.276 e. The third-order valence-corrected chi connectivity index (χ3v) is 5.17. The van der Waals surface area contributed by atoms with E-state index in [-0.39, 0.29) is 11.5 Å². The van der Waals surface area contributed by atoms with Crippen LogP contribution in [-0.2, 0) is 5.66 Å². The minimum atomic E-state index is -0.555. The summed E-state index contributed by atoms with van der Waals surface area (Å²) >= 11 is 0. The van der Waals surface area contributed by atoms with Crippen LogP contribution in [-0.4, -0.2) is 25.4 Å². The Morgan fingerprint density at radius 1 is 1.28 bits per heavy atom. The summed E-state index contributed by atoms with van der Waals surface area (Å²) in [4.78, 5) is 36.9. The standard InChI is InChI=1S/C17H16N6O2/c1-9-7-11(21-14-10-3-6-18-13(10)19-8-20-14)16(25)23-12(9)15(24)22-17(23)4-2-5-17/h3,6-8H,2,4-5H2,1H3,(H,22,24)(H2,18,19,20,21). The molecule has 3 N–H and O–H groups in total. The number of amides is 1. The molecule has 1 saturated carbocycles. The molecule has 0 atom stereocenters. The number of carbonyl (C=O) groups is 1. The highest BCUT2D eigenvalue weighted by Crippen LogP contribution is 2.41. The van der Waals surface area contributed by atoms with Crippen molar-refractivity contribution in [2.24, 2.45) is 0 Å². The number of pyridine rings is 1. The van der Waals surface area contributed by atoms with Crippen LogP contribution in [0.5, 0.6) is 0 Å². The average Bonchev–Trinajstić information content (AvgIpc) is 3.15. The Bertz CT molecular complexity index is 1090. The molecule has 25 heavy (non-hydrogen) atoms. The van der Waals surface area contributed by atoms with Crippen molar-refractivity contribution in [2.45, 2.75) is 31.8 Å². The molecule has 4 heterocycles. The normalized spacial score (nSPS) is 17.4. The maximum Gasteiger partial charge on any atom is 0.276 e. The lowest BCUT2D eigenvalue weighted by Crippen LogP contribution is -2.52. The lowest BCUT2D eigenvalue weighted by atomic mass is 9.85. The molecule has 0 saturated heterocycles. The molecule has 8 nitrogen and oxygen atoms in total. The van der Waals surface area contributed by atoms with Crippen LogP contribution in [0.4, 0.5) is 11.5 Å². The summed E-state index contributed by atoms with van der Waals surface area (Å²) in [5, 5.41) is 6.93. The van der Waals surface area contributed by atoms with Gasteiger partial charge < -0.3 is 15.6 Å². The first-order valence-corrected chi connectivity index (χ1v) is 8.24. The van der Waals surface area contributed by atoms with Gasteiger partial charge in [0, 0.05) is 6.20 Å².